The number of likely N-dealkylation sites (tertiary alicyclic amines) is 1. The molecule has 0 spiro atoms. The zero-order valence-corrected chi connectivity index (χ0v) is 13.7. The monoisotopic (exact) mass is 310 g/mol. The third-order valence-corrected chi connectivity index (χ3v) is 4.49. The third-order valence-electron chi connectivity index (χ3n) is 4.08. The lowest BCUT2D eigenvalue weighted by atomic mass is 10.0. The molecule has 1 heterocycles. The van der Waals surface area contributed by atoms with Crippen LogP contribution in [-0.4, -0.2) is 30.6 Å². The smallest absolute Gasteiger partial charge is 0.322 e. The lowest BCUT2D eigenvalue weighted by molar-refractivity contribution is 0.160. The van der Waals surface area contributed by atoms with Crippen molar-refractivity contribution in [3.05, 3.63) is 22.7 Å². The first-order valence-electron chi connectivity index (χ1n) is 7.48. The summed E-state index contributed by atoms with van der Waals surface area (Å²) in [5.41, 5.74) is 1.59. The number of nitrogens with zero attached hydrogens (tertiary/aromatic N) is 1. The number of carbonyl (C=O) groups excluding carboxylic acids is 1. The number of carbonyl (C=O) groups is 1. The summed E-state index contributed by atoms with van der Waals surface area (Å²) in [6.45, 7) is 4.86. The Bertz CT molecular complexity index is 519. The van der Waals surface area contributed by atoms with E-state index in [0.717, 1.165) is 31.4 Å². The van der Waals surface area contributed by atoms with Gasteiger partial charge in [0, 0.05) is 23.7 Å². The normalized spacial score (nSPS) is 18.5. The van der Waals surface area contributed by atoms with Gasteiger partial charge in [0.15, 0.2) is 0 Å². The molecule has 4 nitrogen and oxygen atoms in total. The minimum atomic E-state index is -0.0541. The van der Waals surface area contributed by atoms with E-state index in [9.17, 15) is 4.79 Å². The molecule has 1 aromatic carbocycles. The number of amides is 2. The highest BCUT2D eigenvalue weighted by Gasteiger charge is 2.25. The number of aryl methyl sites for hydroxylation is 1. The van der Waals surface area contributed by atoms with Gasteiger partial charge < -0.3 is 15.0 Å². The zero-order chi connectivity index (χ0) is 15.4. The lowest BCUT2D eigenvalue weighted by Crippen LogP contribution is -2.45. The van der Waals surface area contributed by atoms with Crippen LogP contribution < -0.4 is 10.1 Å². The molecule has 0 bridgehead atoms. The van der Waals surface area contributed by atoms with Gasteiger partial charge in [-0.05, 0) is 44.2 Å². The van der Waals surface area contributed by atoms with Gasteiger partial charge in [0.05, 0.1) is 12.8 Å². The molecule has 0 saturated carbocycles. The number of nitrogens with one attached hydrogen (secondary N) is 1. The van der Waals surface area contributed by atoms with Crippen molar-refractivity contribution in [2.45, 2.75) is 45.6 Å². The molecule has 0 aliphatic carbocycles. The minimum Gasteiger partial charge on any atom is -0.495 e. The number of anilines is 1. The minimum absolute atomic E-state index is 0.0541. The highest BCUT2D eigenvalue weighted by molar-refractivity contribution is 6.31. The Hall–Kier alpha value is -1.42. The number of hydrogen-bond donors (Lipinski definition) is 1. The Balaban J connectivity index is 2.17. The van der Waals surface area contributed by atoms with Crippen molar-refractivity contribution < 1.29 is 9.53 Å². The summed E-state index contributed by atoms with van der Waals surface area (Å²) in [4.78, 5) is 14.5. The van der Waals surface area contributed by atoms with Crippen LogP contribution in [0.4, 0.5) is 10.5 Å². The Morgan fingerprint density at radius 1 is 1.48 bits per heavy atom. The molecule has 1 aliphatic heterocycles. The molecule has 1 saturated heterocycles. The van der Waals surface area contributed by atoms with Gasteiger partial charge >= 0.3 is 6.03 Å². The molecule has 1 unspecified atom stereocenters. The van der Waals surface area contributed by atoms with Gasteiger partial charge in [-0.3, -0.25) is 0 Å². The number of rotatable bonds is 3. The van der Waals surface area contributed by atoms with Crippen LogP contribution in [0.3, 0.4) is 0 Å². The van der Waals surface area contributed by atoms with Crippen LogP contribution in [0.1, 0.15) is 38.2 Å². The Kier molecular flexibility index (Phi) is 5.34. The van der Waals surface area contributed by atoms with Gasteiger partial charge in [0.1, 0.15) is 5.75 Å². The number of piperidine rings is 1. The summed E-state index contributed by atoms with van der Waals surface area (Å²) in [7, 11) is 1.58. The van der Waals surface area contributed by atoms with Crippen LogP contribution in [0.5, 0.6) is 5.75 Å². The van der Waals surface area contributed by atoms with E-state index in [4.69, 9.17) is 16.3 Å². The quantitative estimate of drug-likeness (QED) is 0.896. The topological polar surface area (TPSA) is 41.6 Å². The van der Waals surface area contributed by atoms with Crippen LogP contribution in [0.15, 0.2) is 12.1 Å². The maximum atomic E-state index is 12.5. The highest BCUT2D eigenvalue weighted by Crippen LogP contribution is 2.31. The van der Waals surface area contributed by atoms with Crippen molar-refractivity contribution in [1.29, 1.82) is 0 Å². The van der Waals surface area contributed by atoms with E-state index in [1.807, 2.05) is 17.9 Å². The van der Waals surface area contributed by atoms with Crippen molar-refractivity contribution in [3.63, 3.8) is 0 Å². The maximum Gasteiger partial charge on any atom is 0.322 e. The van der Waals surface area contributed by atoms with Crippen molar-refractivity contribution in [2.24, 2.45) is 0 Å². The van der Waals surface area contributed by atoms with Gasteiger partial charge in [-0.2, -0.15) is 0 Å². The second kappa shape index (κ2) is 7.03. The van der Waals surface area contributed by atoms with Crippen LogP contribution >= 0.6 is 11.6 Å². The molecule has 116 valence electrons. The molecule has 1 fully saturated rings. The van der Waals surface area contributed by atoms with Crippen molar-refractivity contribution in [1.82, 2.24) is 4.90 Å². The third kappa shape index (κ3) is 3.62. The molecular formula is C16H23ClN2O2. The van der Waals surface area contributed by atoms with Crippen LogP contribution in [0.25, 0.3) is 0 Å². The fourth-order valence-electron chi connectivity index (χ4n) is 2.81. The summed E-state index contributed by atoms with van der Waals surface area (Å²) in [5, 5.41) is 3.60. The molecule has 0 aromatic heterocycles. The lowest BCUT2D eigenvalue weighted by Gasteiger charge is -2.35. The summed E-state index contributed by atoms with van der Waals surface area (Å²) in [6.07, 6.45) is 4.34. The largest absolute Gasteiger partial charge is 0.495 e. The first-order valence-corrected chi connectivity index (χ1v) is 7.86. The van der Waals surface area contributed by atoms with Crippen LogP contribution in [0, 0.1) is 6.92 Å². The van der Waals surface area contributed by atoms with E-state index in [2.05, 4.69) is 12.2 Å². The van der Waals surface area contributed by atoms with E-state index < -0.39 is 0 Å². The molecule has 2 rings (SSSR count). The maximum absolute atomic E-state index is 12.5. The summed E-state index contributed by atoms with van der Waals surface area (Å²) < 4.78 is 5.30. The Morgan fingerprint density at radius 3 is 2.90 bits per heavy atom. The average molecular weight is 311 g/mol. The average Bonchev–Trinajstić information content (AvgIpc) is 2.50. The first-order chi connectivity index (χ1) is 10.1. The first kappa shape index (κ1) is 16.0. The van der Waals surface area contributed by atoms with Gasteiger partial charge in [-0.15, -0.1) is 0 Å². The van der Waals surface area contributed by atoms with Gasteiger partial charge in [0.2, 0.25) is 0 Å². The Morgan fingerprint density at radius 2 is 2.24 bits per heavy atom. The predicted octanol–water partition coefficient (Wildman–Crippen LogP) is 4.45. The highest BCUT2D eigenvalue weighted by atomic mass is 35.5. The van der Waals surface area contributed by atoms with Crippen molar-refractivity contribution in [3.8, 4) is 5.75 Å². The number of ether oxygens (including phenoxy) is 1. The van der Waals surface area contributed by atoms with Gasteiger partial charge in [0.25, 0.3) is 0 Å². The Labute approximate surface area is 131 Å². The van der Waals surface area contributed by atoms with E-state index in [0.29, 0.717) is 22.5 Å². The van der Waals surface area contributed by atoms with Crippen LogP contribution in [-0.2, 0) is 0 Å². The molecule has 5 heteroatoms. The van der Waals surface area contributed by atoms with Gasteiger partial charge in [-0.1, -0.05) is 18.5 Å². The molecule has 2 amide bonds. The summed E-state index contributed by atoms with van der Waals surface area (Å²) in [6, 6.07) is 3.86. The van der Waals surface area contributed by atoms with Crippen molar-refractivity contribution in [2.75, 3.05) is 19.0 Å². The van der Waals surface area contributed by atoms with E-state index >= 15 is 0 Å². The summed E-state index contributed by atoms with van der Waals surface area (Å²) >= 11 is 6.09. The van der Waals surface area contributed by atoms with Crippen LogP contribution in [0.2, 0.25) is 5.02 Å². The standard InChI is InChI=1S/C16H23ClN2O2/c1-4-12-7-5-6-8-19(12)16(20)18-14-9-11(2)13(17)10-15(14)21-3/h9-10,12H,4-8H2,1-3H3,(H,18,20). The summed E-state index contributed by atoms with van der Waals surface area (Å²) in [5.74, 6) is 0.587. The number of urea groups is 1. The predicted molar refractivity (Wildman–Crippen MR) is 86.4 cm³/mol. The fraction of sp³-hybridized carbons (Fsp3) is 0.562. The molecule has 0 radical (unpaired) electrons. The molecule has 21 heavy (non-hydrogen) atoms. The van der Waals surface area contributed by atoms with Crippen molar-refractivity contribution >= 4 is 23.3 Å². The zero-order valence-electron chi connectivity index (χ0n) is 12.9. The van der Waals surface area contributed by atoms with E-state index in [-0.39, 0.29) is 6.03 Å². The molecule has 1 N–H and O–H groups in total. The second-order valence-corrected chi connectivity index (χ2v) is 5.89. The number of hydrogen-bond acceptors (Lipinski definition) is 2. The SMILES string of the molecule is CCC1CCCCN1C(=O)Nc1cc(C)c(Cl)cc1OC. The molecule has 1 aliphatic rings. The number of methoxy groups -OCH3 is 1. The van der Waals surface area contributed by atoms with E-state index in [1.54, 1.807) is 13.2 Å². The molecular weight excluding hydrogens is 288 g/mol. The second-order valence-electron chi connectivity index (χ2n) is 5.48. The van der Waals surface area contributed by atoms with E-state index in [1.165, 1.54) is 6.42 Å². The molecule has 1 aromatic rings. The molecule has 1 atom stereocenters. The number of benzene rings is 1. The van der Waals surface area contributed by atoms with Gasteiger partial charge in [-0.25, -0.2) is 4.79 Å². The fourth-order valence-corrected chi connectivity index (χ4v) is 2.96. The number of halogens is 1.